The highest BCUT2D eigenvalue weighted by Gasteiger charge is 2.06. The van der Waals surface area contributed by atoms with Crippen LogP contribution in [0, 0.1) is 13.8 Å². The molecule has 4 nitrogen and oxygen atoms in total. The van der Waals surface area contributed by atoms with Crippen LogP contribution in [0.5, 0.6) is 0 Å². The first-order valence-corrected chi connectivity index (χ1v) is 10.7. The molecule has 0 aliphatic carbocycles. The lowest BCUT2D eigenvalue weighted by atomic mass is 10.0. The molecule has 5 rings (SSSR count). The van der Waals surface area contributed by atoms with Gasteiger partial charge in [-0.1, -0.05) is 42.0 Å². The van der Waals surface area contributed by atoms with E-state index in [4.69, 9.17) is 0 Å². The van der Waals surface area contributed by atoms with Crippen LogP contribution in [0.2, 0.25) is 0 Å². The highest BCUT2D eigenvalue weighted by molar-refractivity contribution is 5.94. The predicted molar refractivity (Wildman–Crippen MR) is 131 cm³/mol. The number of anilines is 1. The zero-order valence-electron chi connectivity index (χ0n) is 18.2. The Labute approximate surface area is 188 Å². The number of aromatic nitrogens is 3. The van der Waals surface area contributed by atoms with E-state index >= 15 is 0 Å². The van der Waals surface area contributed by atoms with Gasteiger partial charge in [-0.2, -0.15) is 0 Å². The Kier molecular flexibility index (Phi) is 5.34. The van der Waals surface area contributed by atoms with E-state index in [1.165, 1.54) is 16.7 Å². The van der Waals surface area contributed by atoms with E-state index in [0.717, 1.165) is 39.1 Å². The summed E-state index contributed by atoms with van der Waals surface area (Å²) >= 11 is 0. The number of hydrogen-bond acceptors (Lipinski definition) is 4. The van der Waals surface area contributed by atoms with Crippen LogP contribution in [0.3, 0.4) is 0 Å². The number of benzene rings is 2. The van der Waals surface area contributed by atoms with E-state index in [1.807, 2.05) is 31.6 Å². The molecule has 0 radical (unpaired) electrons. The summed E-state index contributed by atoms with van der Waals surface area (Å²) in [6.45, 7) is 4.78. The number of aryl methyl sites for hydroxylation is 2. The Hall–Kier alpha value is -4.05. The normalized spacial score (nSPS) is 10.9. The van der Waals surface area contributed by atoms with E-state index in [9.17, 15) is 0 Å². The Balaban J connectivity index is 1.35. The Morgan fingerprint density at radius 2 is 1.59 bits per heavy atom. The maximum absolute atomic E-state index is 4.65. The fourth-order valence-corrected chi connectivity index (χ4v) is 3.91. The zero-order valence-corrected chi connectivity index (χ0v) is 18.2. The van der Waals surface area contributed by atoms with Crippen molar-refractivity contribution in [3.8, 4) is 22.4 Å². The van der Waals surface area contributed by atoms with Crippen molar-refractivity contribution in [2.24, 2.45) is 0 Å². The highest BCUT2D eigenvalue weighted by Crippen LogP contribution is 2.28. The molecule has 0 unspecified atom stereocenters. The molecule has 1 N–H and O–H groups in total. The minimum atomic E-state index is 0.665. The van der Waals surface area contributed by atoms with E-state index < -0.39 is 0 Å². The largest absolute Gasteiger partial charge is 0.365 e. The first kappa shape index (κ1) is 19.9. The molecule has 0 atom stereocenters. The molecule has 4 heteroatoms. The third-order valence-corrected chi connectivity index (χ3v) is 5.59. The molecule has 32 heavy (non-hydrogen) atoms. The van der Waals surface area contributed by atoms with Crippen LogP contribution < -0.4 is 5.32 Å². The standard InChI is InChI=1S/C28H24N4/c1-19-4-3-5-25(14-19)27-9-6-21(17-31-27)18-32-28-26-8-7-22(16-24(26)11-13-30-28)23-10-12-29-20(2)15-23/h3-17H,18H2,1-2H3,(H,30,32). The second kappa shape index (κ2) is 8.60. The van der Waals surface area contributed by atoms with E-state index in [-0.39, 0.29) is 0 Å². The van der Waals surface area contributed by atoms with Gasteiger partial charge in [0.05, 0.1) is 5.69 Å². The molecule has 0 spiro atoms. The smallest absolute Gasteiger partial charge is 0.134 e. The molecule has 3 aromatic heterocycles. The molecule has 0 fully saturated rings. The molecular weight excluding hydrogens is 392 g/mol. The van der Waals surface area contributed by atoms with Crippen molar-refractivity contribution in [3.63, 3.8) is 0 Å². The second-order valence-electron chi connectivity index (χ2n) is 8.06. The average Bonchev–Trinajstić information content (AvgIpc) is 2.82. The summed E-state index contributed by atoms with van der Waals surface area (Å²) in [4.78, 5) is 13.5. The molecule has 5 aromatic rings. The van der Waals surface area contributed by atoms with Crippen LogP contribution in [0.25, 0.3) is 33.2 Å². The molecule has 2 aromatic carbocycles. The van der Waals surface area contributed by atoms with Crippen LogP contribution >= 0.6 is 0 Å². The van der Waals surface area contributed by atoms with E-state index in [1.54, 1.807) is 0 Å². The predicted octanol–water partition coefficient (Wildman–Crippen LogP) is 6.59. The van der Waals surface area contributed by atoms with Gasteiger partial charge in [-0.3, -0.25) is 9.97 Å². The van der Waals surface area contributed by atoms with Gasteiger partial charge in [-0.25, -0.2) is 4.98 Å². The van der Waals surface area contributed by atoms with Gasteiger partial charge in [0.25, 0.3) is 0 Å². The summed E-state index contributed by atoms with van der Waals surface area (Å²) in [6, 6.07) is 25.3. The summed E-state index contributed by atoms with van der Waals surface area (Å²) in [5, 5.41) is 5.74. The SMILES string of the molecule is Cc1cccc(-c2ccc(CNc3nccc4cc(-c5ccnc(C)c5)ccc34)cn2)c1. The molecule has 0 aliphatic heterocycles. The first-order valence-electron chi connectivity index (χ1n) is 10.7. The minimum absolute atomic E-state index is 0.665. The molecule has 156 valence electrons. The summed E-state index contributed by atoms with van der Waals surface area (Å²) in [7, 11) is 0. The van der Waals surface area contributed by atoms with Crippen molar-refractivity contribution in [1.82, 2.24) is 15.0 Å². The van der Waals surface area contributed by atoms with Gasteiger partial charge >= 0.3 is 0 Å². The highest BCUT2D eigenvalue weighted by atomic mass is 15.0. The molecule has 0 saturated carbocycles. The lowest BCUT2D eigenvalue weighted by Gasteiger charge is -2.11. The third kappa shape index (κ3) is 4.21. The number of hydrogen-bond donors (Lipinski definition) is 1. The van der Waals surface area contributed by atoms with E-state index in [0.29, 0.717) is 6.54 Å². The molecule has 0 amide bonds. The monoisotopic (exact) mass is 416 g/mol. The second-order valence-corrected chi connectivity index (χ2v) is 8.06. The topological polar surface area (TPSA) is 50.7 Å². The van der Waals surface area contributed by atoms with Crippen molar-refractivity contribution in [2.45, 2.75) is 20.4 Å². The Morgan fingerprint density at radius 3 is 2.41 bits per heavy atom. The summed E-state index contributed by atoms with van der Waals surface area (Å²) in [5.74, 6) is 0.878. The fourth-order valence-electron chi connectivity index (χ4n) is 3.91. The number of pyridine rings is 3. The van der Waals surface area contributed by atoms with Crippen molar-refractivity contribution in [2.75, 3.05) is 5.32 Å². The Bertz CT molecular complexity index is 1390. The first-order chi connectivity index (χ1) is 15.7. The summed E-state index contributed by atoms with van der Waals surface area (Å²) < 4.78 is 0. The van der Waals surface area contributed by atoms with Crippen LogP contribution in [-0.2, 0) is 6.54 Å². The van der Waals surface area contributed by atoms with Crippen molar-refractivity contribution in [3.05, 3.63) is 108 Å². The van der Waals surface area contributed by atoms with Gasteiger partial charge in [-0.05, 0) is 72.3 Å². The number of nitrogens with one attached hydrogen (secondary N) is 1. The maximum atomic E-state index is 4.65. The number of rotatable bonds is 5. The Morgan fingerprint density at radius 1 is 0.719 bits per heavy atom. The number of fused-ring (bicyclic) bond motifs is 1. The summed E-state index contributed by atoms with van der Waals surface area (Å²) in [5.41, 5.74) is 7.84. The molecule has 3 heterocycles. The number of nitrogens with zero attached hydrogens (tertiary/aromatic N) is 3. The van der Waals surface area contributed by atoms with Crippen molar-refractivity contribution < 1.29 is 0 Å². The molecular formula is C28H24N4. The molecule has 0 bridgehead atoms. The lowest BCUT2D eigenvalue weighted by Crippen LogP contribution is -2.02. The van der Waals surface area contributed by atoms with Crippen LogP contribution in [0.1, 0.15) is 16.8 Å². The van der Waals surface area contributed by atoms with Crippen molar-refractivity contribution in [1.29, 1.82) is 0 Å². The van der Waals surface area contributed by atoms with Gasteiger partial charge in [0, 0.05) is 41.8 Å². The zero-order chi connectivity index (χ0) is 21.9. The maximum Gasteiger partial charge on any atom is 0.134 e. The van der Waals surface area contributed by atoms with Gasteiger partial charge < -0.3 is 5.32 Å². The molecule has 0 aliphatic rings. The molecule has 0 saturated heterocycles. The lowest BCUT2D eigenvalue weighted by molar-refractivity contribution is 1.09. The van der Waals surface area contributed by atoms with Gasteiger partial charge in [-0.15, -0.1) is 0 Å². The third-order valence-electron chi connectivity index (χ3n) is 5.59. The van der Waals surface area contributed by atoms with Crippen molar-refractivity contribution >= 4 is 16.6 Å². The van der Waals surface area contributed by atoms with Crippen LogP contribution in [0.15, 0.2) is 91.4 Å². The van der Waals surface area contributed by atoms with Gasteiger partial charge in [0.1, 0.15) is 5.82 Å². The van der Waals surface area contributed by atoms with Crippen LogP contribution in [0.4, 0.5) is 5.82 Å². The fraction of sp³-hybridized carbons (Fsp3) is 0.107. The average molecular weight is 417 g/mol. The minimum Gasteiger partial charge on any atom is -0.365 e. The van der Waals surface area contributed by atoms with Crippen LogP contribution in [-0.4, -0.2) is 15.0 Å². The van der Waals surface area contributed by atoms with Gasteiger partial charge in [0.15, 0.2) is 0 Å². The van der Waals surface area contributed by atoms with Gasteiger partial charge in [0.2, 0.25) is 0 Å². The quantitative estimate of drug-likeness (QED) is 0.351. The van der Waals surface area contributed by atoms with E-state index in [2.05, 4.69) is 93.9 Å². The summed E-state index contributed by atoms with van der Waals surface area (Å²) in [6.07, 6.45) is 5.64.